The lowest BCUT2D eigenvalue weighted by Crippen LogP contribution is -2.30. The van der Waals surface area contributed by atoms with Crippen LogP contribution in [0.1, 0.15) is 367 Å². The van der Waals surface area contributed by atoms with Crippen LogP contribution in [0.3, 0.4) is 0 Å². The smallest absolute Gasteiger partial charge is 0.306 e. The lowest BCUT2D eigenvalue weighted by atomic mass is 10.0. The zero-order valence-corrected chi connectivity index (χ0v) is 55.2. The Bertz CT molecular complexity index is 1570. The van der Waals surface area contributed by atoms with E-state index in [-0.39, 0.29) is 31.1 Å². The molecule has 0 saturated carbocycles. The van der Waals surface area contributed by atoms with Crippen LogP contribution < -0.4 is 0 Å². The number of carbonyl (C=O) groups is 3. The van der Waals surface area contributed by atoms with Crippen LogP contribution >= 0.6 is 0 Å². The Balaban J connectivity index is 4.11. The van der Waals surface area contributed by atoms with Crippen molar-refractivity contribution in [3.05, 3.63) is 85.1 Å². The summed E-state index contributed by atoms with van der Waals surface area (Å²) in [5.74, 6) is -0.888. The molecule has 0 aliphatic rings. The molecule has 0 aromatic carbocycles. The van der Waals surface area contributed by atoms with Gasteiger partial charge in [-0.25, -0.2) is 0 Å². The molecule has 0 rings (SSSR count). The molecular formula is C77H136O6. The maximum atomic E-state index is 12.9. The van der Waals surface area contributed by atoms with Crippen molar-refractivity contribution in [1.29, 1.82) is 0 Å². The molecule has 0 heterocycles. The van der Waals surface area contributed by atoms with E-state index < -0.39 is 6.10 Å². The summed E-state index contributed by atoms with van der Waals surface area (Å²) in [5.41, 5.74) is 0. The third-order valence-corrected chi connectivity index (χ3v) is 15.9. The van der Waals surface area contributed by atoms with E-state index >= 15 is 0 Å². The third kappa shape index (κ3) is 69.3. The second-order valence-corrected chi connectivity index (χ2v) is 24.1. The van der Waals surface area contributed by atoms with Gasteiger partial charge in [-0.05, 0) is 89.9 Å². The Kier molecular flexibility index (Phi) is 68.2. The Morgan fingerprint density at radius 3 is 0.747 bits per heavy atom. The van der Waals surface area contributed by atoms with E-state index in [4.69, 9.17) is 14.2 Å². The number of rotatable bonds is 66. The van der Waals surface area contributed by atoms with Crippen molar-refractivity contribution < 1.29 is 28.6 Å². The number of carbonyl (C=O) groups excluding carboxylic acids is 3. The van der Waals surface area contributed by atoms with Gasteiger partial charge in [-0.15, -0.1) is 0 Å². The zero-order chi connectivity index (χ0) is 59.9. The lowest BCUT2D eigenvalue weighted by molar-refractivity contribution is -0.167. The summed E-state index contributed by atoms with van der Waals surface area (Å²) in [7, 11) is 0. The van der Waals surface area contributed by atoms with Crippen LogP contribution in [-0.4, -0.2) is 37.2 Å². The number of ether oxygens (including phenoxy) is 3. The van der Waals surface area contributed by atoms with Gasteiger partial charge in [0.15, 0.2) is 6.10 Å². The highest BCUT2D eigenvalue weighted by atomic mass is 16.6. The normalized spacial score (nSPS) is 12.6. The maximum absolute atomic E-state index is 12.9. The van der Waals surface area contributed by atoms with Gasteiger partial charge >= 0.3 is 17.9 Å². The summed E-state index contributed by atoms with van der Waals surface area (Å²) in [5, 5.41) is 0. The maximum Gasteiger partial charge on any atom is 0.306 e. The fourth-order valence-electron chi connectivity index (χ4n) is 10.6. The minimum atomic E-state index is -0.785. The Labute approximate surface area is 515 Å². The number of esters is 3. The predicted molar refractivity (Wildman–Crippen MR) is 362 cm³/mol. The summed E-state index contributed by atoms with van der Waals surface area (Å²) < 4.78 is 16.9. The highest BCUT2D eigenvalue weighted by molar-refractivity contribution is 5.71. The molecule has 6 heteroatoms. The van der Waals surface area contributed by atoms with Crippen LogP contribution in [0, 0.1) is 0 Å². The van der Waals surface area contributed by atoms with E-state index in [1.807, 2.05) is 0 Å². The van der Waals surface area contributed by atoms with Crippen molar-refractivity contribution in [1.82, 2.24) is 0 Å². The zero-order valence-electron chi connectivity index (χ0n) is 55.2. The van der Waals surface area contributed by atoms with E-state index in [1.54, 1.807) is 0 Å². The van der Waals surface area contributed by atoms with E-state index in [1.165, 1.54) is 218 Å². The summed E-state index contributed by atoms with van der Waals surface area (Å²) in [6, 6.07) is 0. The van der Waals surface area contributed by atoms with Gasteiger partial charge in [0.05, 0.1) is 0 Å². The largest absolute Gasteiger partial charge is 0.462 e. The molecule has 0 aliphatic carbocycles. The summed E-state index contributed by atoms with van der Waals surface area (Å²) in [4.78, 5) is 38.4. The van der Waals surface area contributed by atoms with Crippen molar-refractivity contribution in [2.45, 2.75) is 374 Å². The molecule has 480 valence electrons. The van der Waals surface area contributed by atoms with E-state index in [2.05, 4.69) is 106 Å². The van der Waals surface area contributed by atoms with Crippen molar-refractivity contribution in [3.63, 3.8) is 0 Å². The van der Waals surface area contributed by atoms with Gasteiger partial charge in [0.1, 0.15) is 13.2 Å². The predicted octanol–water partition coefficient (Wildman–Crippen LogP) is 25.0. The van der Waals surface area contributed by atoms with E-state index in [0.717, 1.165) is 109 Å². The average molecular weight is 1160 g/mol. The molecule has 0 saturated heterocycles. The minimum Gasteiger partial charge on any atom is -0.462 e. The van der Waals surface area contributed by atoms with Crippen LogP contribution in [0.4, 0.5) is 0 Å². The lowest BCUT2D eigenvalue weighted by Gasteiger charge is -2.18. The van der Waals surface area contributed by atoms with Gasteiger partial charge in [-0.1, -0.05) is 343 Å². The number of hydrogen-bond acceptors (Lipinski definition) is 6. The number of unbranched alkanes of at least 4 members (excludes halogenated alkanes) is 41. The average Bonchev–Trinajstić information content (AvgIpc) is 3.49. The first kappa shape index (κ1) is 79.6. The third-order valence-electron chi connectivity index (χ3n) is 15.9. The molecule has 1 unspecified atom stereocenters. The molecule has 1 atom stereocenters. The van der Waals surface area contributed by atoms with Crippen LogP contribution in [0.2, 0.25) is 0 Å². The summed E-state index contributed by atoms with van der Waals surface area (Å²) >= 11 is 0. The molecule has 0 amide bonds. The van der Waals surface area contributed by atoms with Gasteiger partial charge in [-0.2, -0.15) is 0 Å². The topological polar surface area (TPSA) is 78.9 Å². The molecule has 0 bridgehead atoms. The number of hydrogen-bond donors (Lipinski definition) is 0. The molecule has 6 nitrogen and oxygen atoms in total. The number of allylic oxidation sites excluding steroid dienone is 14. The molecule has 0 fully saturated rings. The van der Waals surface area contributed by atoms with Crippen molar-refractivity contribution in [3.8, 4) is 0 Å². The monoisotopic (exact) mass is 1160 g/mol. The Morgan fingerprint density at radius 2 is 0.470 bits per heavy atom. The van der Waals surface area contributed by atoms with Gasteiger partial charge in [0, 0.05) is 19.3 Å². The SMILES string of the molecule is CC/C=C\C/C=C\C/C=C\C/C=C\CCCCCCCCCCCCCCCCCCCCCCCCC(=O)OCC(COC(=O)CCCCC/C=C\C/C=C\C/C=C\CC)OC(=O)CCCCCCCCCCCCCCCCCCC. The standard InChI is InChI=1S/C77H136O6/c1-4-7-10-13-16-19-22-25-27-29-30-31-32-33-34-35-36-37-38-39-40-41-42-43-44-45-46-48-49-52-55-58-61-64-67-70-76(79)82-73-74(72-81-75(78)69-66-63-60-57-54-51-24-21-18-15-12-9-6-3)83-77(80)71-68-65-62-59-56-53-50-47-28-26-23-20-17-14-11-8-5-2/h7,9-10,12,16,18-19,21,25,27,30-31,51,54,74H,4-6,8,11,13-15,17,20,22-24,26,28-29,32-50,52-53,55-73H2,1-3H3/b10-7-,12-9-,19-16-,21-18-,27-25-,31-30-,54-51-. The van der Waals surface area contributed by atoms with Crippen molar-refractivity contribution >= 4 is 17.9 Å². The Hall–Kier alpha value is -3.41. The first-order valence-electron chi connectivity index (χ1n) is 36.1. The highest BCUT2D eigenvalue weighted by Gasteiger charge is 2.19. The van der Waals surface area contributed by atoms with Gasteiger partial charge in [0.25, 0.3) is 0 Å². The van der Waals surface area contributed by atoms with Crippen LogP contribution in [0.25, 0.3) is 0 Å². The van der Waals surface area contributed by atoms with Gasteiger partial charge in [-0.3, -0.25) is 14.4 Å². The van der Waals surface area contributed by atoms with Gasteiger partial charge < -0.3 is 14.2 Å². The molecular weight excluding hydrogens is 1020 g/mol. The van der Waals surface area contributed by atoms with Crippen LogP contribution in [0.5, 0.6) is 0 Å². The molecule has 0 N–H and O–H groups in total. The van der Waals surface area contributed by atoms with E-state index in [9.17, 15) is 14.4 Å². The minimum absolute atomic E-state index is 0.0796. The van der Waals surface area contributed by atoms with Crippen LogP contribution in [-0.2, 0) is 28.6 Å². The first-order chi connectivity index (χ1) is 41.0. The fourth-order valence-corrected chi connectivity index (χ4v) is 10.6. The Morgan fingerprint density at radius 1 is 0.253 bits per heavy atom. The first-order valence-corrected chi connectivity index (χ1v) is 36.1. The second kappa shape index (κ2) is 71.1. The van der Waals surface area contributed by atoms with E-state index in [0.29, 0.717) is 19.3 Å². The van der Waals surface area contributed by atoms with Gasteiger partial charge in [0.2, 0.25) is 0 Å². The summed E-state index contributed by atoms with van der Waals surface area (Å²) in [6.45, 7) is 6.44. The highest BCUT2D eigenvalue weighted by Crippen LogP contribution is 2.18. The fraction of sp³-hybridized carbons (Fsp3) is 0.779. The van der Waals surface area contributed by atoms with Crippen LogP contribution in [0.15, 0.2) is 85.1 Å². The molecule has 0 aliphatic heterocycles. The molecule has 0 aromatic rings. The van der Waals surface area contributed by atoms with Crippen molar-refractivity contribution in [2.24, 2.45) is 0 Å². The molecule has 0 aromatic heterocycles. The second-order valence-electron chi connectivity index (χ2n) is 24.1. The molecule has 0 radical (unpaired) electrons. The quantitative estimate of drug-likeness (QED) is 0.0261. The summed E-state index contributed by atoms with van der Waals surface area (Å²) in [6.07, 6.45) is 95.0. The molecule has 83 heavy (non-hydrogen) atoms. The molecule has 0 spiro atoms. The van der Waals surface area contributed by atoms with Crippen molar-refractivity contribution in [2.75, 3.05) is 13.2 Å².